The first-order valence-electron chi connectivity index (χ1n) is 5.90. The van der Waals surface area contributed by atoms with Crippen molar-refractivity contribution in [2.75, 3.05) is 17.7 Å². The van der Waals surface area contributed by atoms with E-state index in [4.69, 9.17) is 0 Å². The summed E-state index contributed by atoms with van der Waals surface area (Å²) < 4.78 is 0.428. The number of rotatable bonds is 4. The molecule has 0 unspecified atom stereocenters. The Morgan fingerprint density at radius 1 is 1.33 bits per heavy atom. The van der Waals surface area contributed by atoms with Crippen molar-refractivity contribution >= 4 is 38.9 Å². The van der Waals surface area contributed by atoms with Crippen molar-refractivity contribution in [1.29, 1.82) is 0 Å². The number of carbonyl (C=O) groups excluding carboxylic acids is 1. The predicted octanol–water partition coefficient (Wildman–Crippen LogP) is 3.05. The number of amides is 1. The predicted molar refractivity (Wildman–Crippen MR) is 82.5 cm³/mol. The van der Waals surface area contributed by atoms with Crippen LogP contribution in [0.15, 0.2) is 41.0 Å². The van der Waals surface area contributed by atoms with Gasteiger partial charge in [0.05, 0.1) is 22.5 Å². The zero-order valence-electron chi connectivity index (χ0n) is 11.0. The summed E-state index contributed by atoms with van der Waals surface area (Å²) in [6.07, 6.45) is 1.54. The van der Waals surface area contributed by atoms with E-state index in [0.717, 1.165) is 5.69 Å². The molecule has 108 valence electrons. The van der Waals surface area contributed by atoms with Crippen molar-refractivity contribution in [1.82, 2.24) is 4.98 Å². The molecule has 0 atom stereocenters. The van der Waals surface area contributed by atoms with Crippen LogP contribution >= 0.6 is 15.9 Å². The summed E-state index contributed by atoms with van der Waals surface area (Å²) in [4.78, 5) is 26.2. The highest BCUT2D eigenvalue weighted by Crippen LogP contribution is 2.27. The monoisotopic (exact) mass is 350 g/mol. The largest absolute Gasteiger partial charge is 0.387 e. The number of nitro groups is 1. The Bertz CT molecular complexity index is 688. The van der Waals surface area contributed by atoms with Gasteiger partial charge in [-0.15, -0.1) is 0 Å². The van der Waals surface area contributed by atoms with E-state index in [1.54, 1.807) is 25.4 Å². The van der Waals surface area contributed by atoms with Gasteiger partial charge >= 0.3 is 0 Å². The fourth-order valence-electron chi connectivity index (χ4n) is 1.58. The third-order valence-electron chi connectivity index (χ3n) is 2.70. The second kappa shape index (κ2) is 6.31. The van der Waals surface area contributed by atoms with Crippen molar-refractivity contribution < 1.29 is 9.72 Å². The van der Waals surface area contributed by atoms with Crippen molar-refractivity contribution in [2.45, 2.75) is 0 Å². The third-order valence-corrected chi connectivity index (χ3v) is 3.35. The standard InChI is InChI=1S/C13H11BrN4O3/c1-15-8-2-4-12(16-7-8)13(19)17-11-5-3-9(18(20)21)6-10(11)14/h2-7,15H,1H3,(H,17,19). The van der Waals surface area contributed by atoms with E-state index in [9.17, 15) is 14.9 Å². The van der Waals surface area contributed by atoms with Gasteiger partial charge in [-0.25, -0.2) is 4.98 Å². The number of carbonyl (C=O) groups is 1. The lowest BCUT2D eigenvalue weighted by molar-refractivity contribution is -0.384. The summed E-state index contributed by atoms with van der Waals surface area (Å²) in [6.45, 7) is 0. The normalized spacial score (nSPS) is 10.0. The highest BCUT2D eigenvalue weighted by Gasteiger charge is 2.13. The van der Waals surface area contributed by atoms with Crippen LogP contribution in [0.4, 0.5) is 17.1 Å². The number of aromatic nitrogens is 1. The van der Waals surface area contributed by atoms with Crippen molar-refractivity contribution in [2.24, 2.45) is 0 Å². The first-order valence-corrected chi connectivity index (χ1v) is 6.69. The second-order valence-electron chi connectivity index (χ2n) is 4.06. The van der Waals surface area contributed by atoms with Crippen molar-refractivity contribution in [3.63, 3.8) is 0 Å². The van der Waals surface area contributed by atoms with E-state index in [1.807, 2.05) is 0 Å². The summed E-state index contributed by atoms with van der Waals surface area (Å²) in [5, 5.41) is 16.2. The molecule has 1 heterocycles. The number of anilines is 2. The van der Waals surface area contributed by atoms with Crippen LogP contribution in [0.25, 0.3) is 0 Å². The molecule has 1 aromatic carbocycles. The lowest BCUT2D eigenvalue weighted by atomic mass is 10.2. The van der Waals surface area contributed by atoms with Crippen LogP contribution in [-0.2, 0) is 0 Å². The molecule has 1 amide bonds. The Balaban J connectivity index is 2.17. The van der Waals surface area contributed by atoms with E-state index in [-0.39, 0.29) is 11.4 Å². The van der Waals surface area contributed by atoms with Gasteiger partial charge in [-0.2, -0.15) is 0 Å². The first kappa shape index (κ1) is 14.9. The molecule has 7 nitrogen and oxygen atoms in total. The number of pyridine rings is 1. The van der Waals surface area contributed by atoms with Gasteiger partial charge in [0.2, 0.25) is 0 Å². The van der Waals surface area contributed by atoms with Gasteiger partial charge in [-0.1, -0.05) is 0 Å². The number of benzene rings is 1. The molecule has 0 fully saturated rings. The van der Waals surface area contributed by atoms with Crippen LogP contribution in [0, 0.1) is 10.1 Å². The number of nitrogens with zero attached hydrogens (tertiary/aromatic N) is 2. The summed E-state index contributed by atoms with van der Waals surface area (Å²) in [5.41, 5.74) is 1.42. The lowest BCUT2D eigenvalue weighted by Gasteiger charge is -2.07. The SMILES string of the molecule is CNc1ccc(C(=O)Nc2ccc([N+](=O)[O-])cc2Br)nc1. The Morgan fingerprint density at radius 2 is 2.10 bits per heavy atom. The molecular formula is C13H11BrN4O3. The Labute approximate surface area is 128 Å². The summed E-state index contributed by atoms with van der Waals surface area (Å²) in [7, 11) is 1.75. The molecule has 0 spiro atoms. The molecule has 1 aromatic heterocycles. The maximum Gasteiger partial charge on any atom is 0.274 e. The average Bonchev–Trinajstić information content (AvgIpc) is 2.49. The molecule has 0 saturated carbocycles. The minimum atomic E-state index is -0.506. The summed E-state index contributed by atoms with van der Waals surface area (Å²) in [5.74, 6) is -0.396. The number of nitro benzene ring substituents is 1. The maximum atomic E-state index is 12.0. The molecule has 0 aliphatic rings. The van der Waals surface area contributed by atoms with Gasteiger partial charge in [0.1, 0.15) is 5.69 Å². The number of hydrogen-bond acceptors (Lipinski definition) is 5. The molecule has 0 radical (unpaired) electrons. The lowest BCUT2D eigenvalue weighted by Crippen LogP contribution is -2.14. The molecule has 8 heteroatoms. The minimum absolute atomic E-state index is 0.0589. The van der Waals surface area contributed by atoms with Crippen LogP contribution in [-0.4, -0.2) is 22.9 Å². The smallest absolute Gasteiger partial charge is 0.274 e. The van der Waals surface area contributed by atoms with Gasteiger partial charge in [-0.3, -0.25) is 14.9 Å². The van der Waals surface area contributed by atoms with Crippen molar-refractivity contribution in [3.05, 3.63) is 56.8 Å². The zero-order chi connectivity index (χ0) is 15.4. The van der Waals surface area contributed by atoms with E-state index in [0.29, 0.717) is 10.2 Å². The Morgan fingerprint density at radius 3 is 2.62 bits per heavy atom. The molecule has 2 aromatic rings. The fraction of sp³-hybridized carbons (Fsp3) is 0.0769. The van der Waals surface area contributed by atoms with Gasteiger partial charge < -0.3 is 10.6 Å². The van der Waals surface area contributed by atoms with Gasteiger partial charge in [-0.05, 0) is 34.1 Å². The Hall–Kier alpha value is -2.48. The molecule has 0 bridgehead atoms. The molecule has 0 aliphatic carbocycles. The first-order chi connectivity index (χ1) is 10.0. The van der Waals surface area contributed by atoms with Gasteiger partial charge in [0, 0.05) is 23.7 Å². The average molecular weight is 351 g/mol. The highest BCUT2D eigenvalue weighted by atomic mass is 79.9. The third kappa shape index (κ3) is 3.54. The van der Waals surface area contributed by atoms with Crippen LogP contribution < -0.4 is 10.6 Å². The Kier molecular flexibility index (Phi) is 4.49. The van der Waals surface area contributed by atoms with Crippen LogP contribution in [0.5, 0.6) is 0 Å². The molecular weight excluding hydrogens is 340 g/mol. The van der Waals surface area contributed by atoms with Gasteiger partial charge in [0.25, 0.3) is 11.6 Å². The van der Waals surface area contributed by atoms with E-state index < -0.39 is 10.8 Å². The molecule has 2 N–H and O–H groups in total. The zero-order valence-corrected chi connectivity index (χ0v) is 12.5. The van der Waals surface area contributed by atoms with E-state index >= 15 is 0 Å². The highest BCUT2D eigenvalue weighted by molar-refractivity contribution is 9.10. The van der Waals surface area contributed by atoms with Crippen LogP contribution in [0.1, 0.15) is 10.5 Å². The minimum Gasteiger partial charge on any atom is -0.387 e. The van der Waals surface area contributed by atoms with Gasteiger partial charge in [0.15, 0.2) is 0 Å². The van der Waals surface area contributed by atoms with Crippen LogP contribution in [0.2, 0.25) is 0 Å². The van der Waals surface area contributed by atoms with E-state index in [1.165, 1.54) is 18.2 Å². The summed E-state index contributed by atoms with van der Waals surface area (Å²) in [6, 6.07) is 7.42. The van der Waals surface area contributed by atoms with Crippen LogP contribution in [0.3, 0.4) is 0 Å². The summed E-state index contributed by atoms with van der Waals surface area (Å²) >= 11 is 3.19. The molecule has 21 heavy (non-hydrogen) atoms. The molecule has 0 saturated heterocycles. The van der Waals surface area contributed by atoms with E-state index in [2.05, 4.69) is 31.5 Å². The second-order valence-corrected chi connectivity index (χ2v) is 4.91. The maximum absolute atomic E-state index is 12.0. The number of hydrogen-bond donors (Lipinski definition) is 2. The topological polar surface area (TPSA) is 97.2 Å². The quantitative estimate of drug-likeness (QED) is 0.652. The van der Waals surface area contributed by atoms with Crippen molar-refractivity contribution in [3.8, 4) is 0 Å². The molecule has 2 rings (SSSR count). The fourth-order valence-corrected chi connectivity index (χ4v) is 2.05. The molecule has 0 aliphatic heterocycles. The number of non-ortho nitro benzene ring substituents is 1. The number of nitrogens with one attached hydrogen (secondary N) is 2. The number of halogens is 1.